The molecule has 1 N–H and O–H groups in total. The highest BCUT2D eigenvalue weighted by Crippen LogP contribution is 2.23. The predicted octanol–water partition coefficient (Wildman–Crippen LogP) is 5.82. The van der Waals surface area contributed by atoms with Gasteiger partial charge in [0.25, 0.3) is 10.0 Å². The second-order valence-corrected chi connectivity index (χ2v) is 9.64. The molecule has 4 aromatic rings. The minimum absolute atomic E-state index is 0.0946. The Morgan fingerprint density at radius 1 is 1.03 bits per heavy atom. The van der Waals surface area contributed by atoms with Crippen LogP contribution in [0.5, 0.6) is 0 Å². The van der Waals surface area contributed by atoms with Gasteiger partial charge < -0.3 is 4.57 Å². The summed E-state index contributed by atoms with van der Waals surface area (Å²) in [6.07, 6.45) is 2.60. The highest BCUT2D eigenvalue weighted by atomic mass is 35.5. The van der Waals surface area contributed by atoms with Gasteiger partial charge >= 0.3 is 0 Å². The number of rotatable bonds is 8. The summed E-state index contributed by atoms with van der Waals surface area (Å²) in [7, 11) is -3.86. The number of fused-ring (bicyclic) bond motifs is 1. The largest absolute Gasteiger partial charge is 0.328 e. The minimum atomic E-state index is -3.86. The lowest BCUT2D eigenvalue weighted by atomic mass is 10.1. The van der Waals surface area contributed by atoms with Crippen molar-refractivity contribution < 1.29 is 12.8 Å². The molecule has 0 aliphatic carbocycles. The molecule has 3 aromatic carbocycles. The maximum Gasteiger partial charge on any atom is 0.261 e. The van der Waals surface area contributed by atoms with E-state index in [1.165, 1.54) is 6.07 Å². The lowest BCUT2D eigenvalue weighted by Crippen LogP contribution is -2.13. The quantitative estimate of drug-likeness (QED) is 0.352. The number of aryl methyl sites for hydroxylation is 3. The van der Waals surface area contributed by atoms with Gasteiger partial charge in [0.15, 0.2) is 0 Å². The molecule has 0 radical (unpaired) electrons. The van der Waals surface area contributed by atoms with Crippen molar-refractivity contribution in [1.29, 1.82) is 0 Å². The van der Waals surface area contributed by atoms with E-state index in [4.69, 9.17) is 16.6 Å². The van der Waals surface area contributed by atoms with E-state index in [9.17, 15) is 12.8 Å². The van der Waals surface area contributed by atoms with E-state index < -0.39 is 15.8 Å². The molecule has 32 heavy (non-hydrogen) atoms. The molecular weight excluding hydrogens is 449 g/mol. The number of imidazole rings is 1. The van der Waals surface area contributed by atoms with Crippen LogP contribution >= 0.6 is 11.6 Å². The third-order valence-electron chi connectivity index (χ3n) is 5.23. The van der Waals surface area contributed by atoms with Crippen molar-refractivity contribution in [2.75, 3.05) is 4.72 Å². The van der Waals surface area contributed by atoms with Gasteiger partial charge in [-0.3, -0.25) is 4.72 Å². The number of sulfonamides is 1. The summed E-state index contributed by atoms with van der Waals surface area (Å²) in [6.45, 7) is 3.07. The van der Waals surface area contributed by atoms with Gasteiger partial charge in [0.1, 0.15) is 11.6 Å². The molecule has 0 spiro atoms. The van der Waals surface area contributed by atoms with Crippen molar-refractivity contribution in [3.05, 3.63) is 89.0 Å². The Bertz CT molecular complexity index is 1350. The van der Waals surface area contributed by atoms with Gasteiger partial charge in [0, 0.05) is 18.7 Å². The molecule has 0 aliphatic rings. The molecular formula is C24H23ClFN3O2S. The van der Waals surface area contributed by atoms with Crippen LogP contribution in [0, 0.1) is 5.82 Å². The molecule has 1 aromatic heterocycles. The van der Waals surface area contributed by atoms with E-state index in [-0.39, 0.29) is 9.92 Å². The number of halogens is 2. The van der Waals surface area contributed by atoms with Crippen LogP contribution in [0.2, 0.25) is 5.02 Å². The second-order valence-electron chi connectivity index (χ2n) is 7.55. The van der Waals surface area contributed by atoms with Crippen LogP contribution in [0.3, 0.4) is 0 Å². The summed E-state index contributed by atoms with van der Waals surface area (Å²) in [4.78, 5) is 4.70. The highest BCUT2D eigenvalue weighted by Gasteiger charge is 2.16. The van der Waals surface area contributed by atoms with Gasteiger partial charge in [-0.05, 0) is 60.9 Å². The SMILES string of the molecule is CCCn1c(CCc2ccc(NS(=O)(=O)c3ccc(F)c(Cl)c3)cc2)nc2ccccc21. The fraction of sp³-hybridized carbons (Fsp3) is 0.208. The molecule has 5 nitrogen and oxygen atoms in total. The molecule has 0 atom stereocenters. The van der Waals surface area contributed by atoms with Crippen molar-refractivity contribution in [2.45, 2.75) is 37.6 Å². The lowest BCUT2D eigenvalue weighted by Gasteiger charge is -2.10. The van der Waals surface area contributed by atoms with Gasteiger partial charge in [-0.15, -0.1) is 0 Å². The normalized spacial score (nSPS) is 11.7. The third-order valence-corrected chi connectivity index (χ3v) is 6.89. The molecule has 166 valence electrons. The highest BCUT2D eigenvalue weighted by molar-refractivity contribution is 7.92. The molecule has 0 bridgehead atoms. The van der Waals surface area contributed by atoms with Crippen LogP contribution in [0.4, 0.5) is 10.1 Å². The van der Waals surface area contributed by atoms with E-state index in [1.54, 1.807) is 12.1 Å². The standard InChI is InChI=1S/C24H23ClFN3O2S/c1-2-15-29-23-6-4-3-5-22(23)27-24(29)14-9-17-7-10-18(11-8-17)28-32(30,31)19-12-13-21(26)20(25)16-19/h3-8,10-13,16,28H,2,9,14-15H2,1H3. The van der Waals surface area contributed by atoms with Gasteiger partial charge in [-0.2, -0.15) is 0 Å². The number of aromatic nitrogens is 2. The average Bonchev–Trinajstić information content (AvgIpc) is 3.13. The van der Waals surface area contributed by atoms with E-state index in [0.717, 1.165) is 60.4 Å². The zero-order chi connectivity index (χ0) is 22.7. The first-order valence-electron chi connectivity index (χ1n) is 10.4. The Morgan fingerprint density at radius 3 is 2.50 bits per heavy atom. The Labute approximate surface area is 191 Å². The monoisotopic (exact) mass is 471 g/mol. The van der Waals surface area contributed by atoms with E-state index in [2.05, 4.69) is 22.3 Å². The van der Waals surface area contributed by atoms with Crippen molar-refractivity contribution in [3.8, 4) is 0 Å². The van der Waals surface area contributed by atoms with Gasteiger partial charge in [-0.25, -0.2) is 17.8 Å². The van der Waals surface area contributed by atoms with Crippen LogP contribution in [0.25, 0.3) is 11.0 Å². The van der Waals surface area contributed by atoms with E-state index >= 15 is 0 Å². The molecule has 0 saturated heterocycles. The van der Waals surface area contributed by atoms with Crippen LogP contribution in [-0.2, 0) is 29.4 Å². The summed E-state index contributed by atoms with van der Waals surface area (Å²) < 4.78 is 43.2. The zero-order valence-electron chi connectivity index (χ0n) is 17.6. The Morgan fingerprint density at radius 2 is 1.78 bits per heavy atom. The number of anilines is 1. The molecule has 4 rings (SSSR count). The lowest BCUT2D eigenvalue weighted by molar-refractivity contribution is 0.599. The summed E-state index contributed by atoms with van der Waals surface area (Å²) in [5.74, 6) is 0.383. The van der Waals surface area contributed by atoms with Crippen LogP contribution in [0.1, 0.15) is 24.7 Å². The number of hydrogen-bond donors (Lipinski definition) is 1. The van der Waals surface area contributed by atoms with Crippen LogP contribution in [0.15, 0.2) is 71.6 Å². The first kappa shape index (κ1) is 22.3. The fourth-order valence-corrected chi connectivity index (χ4v) is 4.97. The first-order chi connectivity index (χ1) is 15.4. The van der Waals surface area contributed by atoms with E-state index in [1.807, 2.05) is 30.3 Å². The topological polar surface area (TPSA) is 64.0 Å². The number of hydrogen-bond acceptors (Lipinski definition) is 3. The molecule has 0 aliphatic heterocycles. The maximum absolute atomic E-state index is 13.3. The first-order valence-corrected chi connectivity index (χ1v) is 12.2. The molecule has 0 saturated carbocycles. The molecule has 0 amide bonds. The van der Waals surface area contributed by atoms with Crippen molar-refractivity contribution in [3.63, 3.8) is 0 Å². The Kier molecular flexibility index (Phi) is 6.48. The average molecular weight is 472 g/mol. The summed E-state index contributed by atoms with van der Waals surface area (Å²) in [6, 6.07) is 18.7. The van der Waals surface area contributed by atoms with Crippen LogP contribution < -0.4 is 4.72 Å². The predicted molar refractivity (Wildman–Crippen MR) is 126 cm³/mol. The summed E-state index contributed by atoms with van der Waals surface area (Å²) >= 11 is 5.71. The molecule has 0 fully saturated rings. The summed E-state index contributed by atoms with van der Waals surface area (Å²) in [5, 5.41) is -0.239. The third kappa shape index (κ3) is 4.79. The van der Waals surface area contributed by atoms with Crippen molar-refractivity contribution in [2.24, 2.45) is 0 Å². The Hall–Kier alpha value is -2.90. The smallest absolute Gasteiger partial charge is 0.261 e. The maximum atomic E-state index is 13.3. The number of benzene rings is 3. The van der Waals surface area contributed by atoms with Gasteiger partial charge in [-0.1, -0.05) is 42.8 Å². The summed E-state index contributed by atoms with van der Waals surface area (Å²) in [5.41, 5.74) is 3.65. The molecule has 1 heterocycles. The number of nitrogens with one attached hydrogen (secondary N) is 1. The minimum Gasteiger partial charge on any atom is -0.328 e. The molecule has 0 unspecified atom stereocenters. The van der Waals surface area contributed by atoms with Gasteiger partial charge in [0.05, 0.1) is 21.0 Å². The van der Waals surface area contributed by atoms with E-state index in [0.29, 0.717) is 5.69 Å². The van der Waals surface area contributed by atoms with Crippen molar-refractivity contribution in [1.82, 2.24) is 9.55 Å². The number of para-hydroxylation sites is 2. The molecule has 8 heteroatoms. The zero-order valence-corrected chi connectivity index (χ0v) is 19.1. The second kappa shape index (κ2) is 9.30. The fourth-order valence-electron chi connectivity index (χ4n) is 3.64. The Balaban J connectivity index is 1.46. The number of nitrogens with zero attached hydrogens (tertiary/aromatic N) is 2. The van der Waals surface area contributed by atoms with Gasteiger partial charge in [0.2, 0.25) is 0 Å². The van der Waals surface area contributed by atoms with Crippen LogP contribution in [-0.4, -0.2) is 18.0 Å². The van der Waals surface area contributed by atoms with Crippen molar-refractivity contribution >= 4 is 38.3 Å².